The molecule has 0 spiro atoms. The number of aromatic nitrogens is 4. The van der Waals surface area contributed by atoms with E-state index in [9.17, 15) is 0 Å². The van der Waals surface area contributed by atoms with Crippen LogP contribution in [0.4, 0.5) is 0 Å². The molecule has 4 heterocycles. The first kappa shape index (κ1) is 14.4. The molecule has 0 aliphatic heterocycles. The maximum atomic E-state index is 5.34. The topological polar surface area (TPSA) is 67.6 Å². The monoisotopic (exact) mass is 346 g/mol. The largest absolute Gasteiger partial charge is 0.361 e. The van der Waals surface area contributed by atoms with Crippen LogP contribution < -0.4 is 0 Å². The van der Waals surface area contributed by atoms with Gasteiger partial charge in [0.25, 0.3) is 0 Å². The minimum absolute atomic E-state index is 0.726. The minimum atomic E-state index is 0.726. The number of benzene rings is 1. The van der Waals surface area contributed by atoms with Crippen LogP contribution in [0.25, 0.3) is 43.6 Å². The van der Waals surface area contributed by atoms with Crippen LogP contribution in [0.1, 0.15) is 11.5 Å². The fourth-order valence-electron chi connectivity index (χ4n) is 3.28. The fraction of sp³-hybridized carbons (Fsp3) is 0.105. The Morgan fingerprint density at radius 3 is 2.88 bits per heavy atom. The van der Waals surface area contributed by atoms with E-state index < -0.39 is 0 Å². The van der Waals surface area contributed by atoms with Gasteiger partial charge in [0, 0.05) is 39.8 Å². The lowest BCUT2D eigenvalue weighted by Crippen LogP contribution is -1.90. The lowest BCUT2D eigenvalue weighted by atomic mass is 10.1. The predicted octanol–water partition coefficient (Wildman–Crippen LogP) is 5.11. The summed E-state index contributed by atoms with van der Waals surface area (Å²) in [7, 11) is 0. The molecule has 122 valence electrons. The van der Waals surface area contributed by atoms with E-state index >= 15 is 0 Å². The van der Waals surface area contributed by atoms with Gasteiger partial charge in [0.05, 0.1) is 21.5 Å². The van der Waals surface area contributed by atoms with Crippen LogP contribution in [0.3, 0.4) is 0 Å². The fourth-order valence-corrected chi connectivity index (χ4v) is 4.14. The van der Waals surface area contributed by atoms with Crippen molar-refractivity contribution in [2.75, 3.05) is 0 Å². The van der Waals surface area contributed by atoms with Gasteiger partial charge >= 0.3 is 0 Å². The zero-order chi connectivity index (χ0) is 17.0. The molecule has 0 bridgehead atoms. The molecule has 0 fully saturated rings. The molecule has 0 aliphatic carbocycles. The summed E-state index contributed by atoms with van der Waals surface area (Å²) < 4.78 is 6.39. The number of hydrogen-bond donors (Lipinski definition) is 1. The Balaban J connectivity index is 1.77. The van der Waals surface area contributed by atoms with Crippen LogP contribution in [0.2, 0.25) is 0 Å². The third kappa shape index (κ3) is 2.11. The lowest BCUT2D eigenvalue weighted by Gasteiger charge is -2.04. The molecule has 0 amide bonds. The normalized spacial score (nSPS) is 11.6. The zero-order valence-electron chi connectivity index (χ0n) is 13.7. The summed E-state index contributed by atoms with van der Waals surface area (Å²) in [5, 5.41) is 7.30. The highest BCUT2D eigenvalue weighted by atomic mass is 32.1. The van der Waals surface area contributed by atoms with E-state index in [1.807, 2.05) is 32.3 Å². The molecule has 0 aliphatic rings. The molecule has 0 saturated heterocycles. The number of fused-ring (bicyclic) bond motifs is 2. The van der Waals surface area contributed by atoms with Gasteiger partial charge in [-0.1, -0.05) is 17.3 Å². The molecule has 0 unspecified atom stereocenters. The average molecular weight is 346 g/mol. The summed E-state index contributed by atoms with van der Waals surface area (Å²) in [6, 6.07) is 8.18. The molecular weight excluding hydrogens is 332 g/mol. The van der Waals surface area contributed by atoms with E-state index in [4.69, 9.17) is 9.51 Å². The number of nitrogens with zero attached hydrogens (tertiary/aromatic N) is 3. The molecule has 0 saturated carbocycles. The van der Waals surface area contributed by atoms with Crippen molar-refractivity contribution in [3.63, 3.8) is 0 Å². The van der Waals surface area contributed by atoms with Crippen molar-refractivity contribution in [1.29, 1.82) is 0 Å². The molecule has 6 heteroatoms. The van der Waals surface area contributed by atoms with E-state index in [-0.39, 0.29) is 0 Å². The first-order chi connectivity index (χ1) is 12.2. The van der Waals surface area contributed by atoms with Crippen LogP contribution in [-0.4, -0.2) is 20.1 Å². The Kier molecular flexibility index (Phi) is 3.02. The molecule has 5 aromatic rings. The van der Waals surface area contributed by atoms with Gasteiger partial charge in [-0.3, -0.25) is 0 Å². The Morgan fingerprint density at radius 1 is 1.12 bits per heavy atom. The summed E-state index contributed by atoms with van der Waals surface area (Å²) in [5.74, 6) is 1.54. The number of aromatic amines is 1. The van der Waals surface area contributed by atoms with E-state index in [1.54, 1.807) is 11.3 Å². The maximum absolute atomic E-state index is 5.34. The second kappa shape index (κ2) is 5.26. The van der Waals surface area contributed by atoms with Gasteiger partial charge < -0.3 is 9.51 Å². The molecule has 0 radical (unpaired) electrons. The van der Waals surface area contributed by atoms with Crippen LogP contribution in [0.5, 0.6) is 0 Å². The average Bonchev–Trinajstić information content (AvgIpc) is 3.33. The van der Waals surface area contributed by atoms with Crippen molar-refractivity contribution in [1.82, 2.24) is 20.1 Å². The number of H-pyrrole nitrogens is 1. The molecule has 1 aromatic carbocycles. The van der Waals surface area contributed by atoms with E-state index in [0.29, 0.717) is 0 Å². The van der Waals surface area contributed by atoms with Crippen LogP contribution >= 0.6 is 11.3 Å². The summed E-state index contributed by atoms with van der Waals surface area (Å²) in [4.78, 5) is 12.7. The summed E-state index contributed by atoms with van der Waals surface area (Å²) in [5.41, 5.74) is 6.01. The van der Waals surface area contributed by atoms with Gasteiger partial charge in [-0.25, -0.2) is 9.97 Å². The van der Waals surface area contributed by atoms with Crippen molar-refractivity contribution < 1.29 is 4.52 Å². The Morgan fingerprint density at radius 2 is 2.04 bits per heavy atom. The zero-order valence-corrected chi connectivity index (χ0v) is 14.5. The van der Waals surface area contributed by atoms with Crippen molar-refractivity contribution in [3.8, 4) is 22.5 Å². The highest BCUT2D eigenvalue weighted by Crippen LogP contribution is 2.37. The van der Waals surface area contributed by atoms with E-state index in [0.717, 1.165) is 55.1 Å². The van der Waals surface area contributed by atoms with Crippen molar-refractivity contribution in [2.45, 2.75) is 13.8 Å². The first-order valence-electron chi connectivity index (χ1n) is 7.96. The highest BCUT2D eigenvalue weighted by molar-refractivity contribution is 7.17. The molecule has 25 heavy (non-hydrogen) atoms. The van der Waals surface area contributed by atoms with Gasteiger partial charge in [-0.15, -0.1) is 11.3 Å². The van der Waals surface area contributed by atoms with Crippen LogP contribution in [0, 0.1) is 13.8 Å². The smallest absolute Gasteiger partial charge is 0.160 e. The molecule has 4 aromatic heterocycles. The van der Waals surface area contributed by atoms with E-state index in [2.05, 4.69) is 38.7 Å². The standard InChI is InChI=1S/C19H14N4OS/c1-10-17(11(2)24-23-10)14-9-25-16-8-21-19(22-18(14)16)13-4-3-5-15-12(13)6-7-20-15/h3-9,20H,1-2H3. The van der Waals surface area contributed by atoms with Crippen molar-refractivity contribution in [2.24, 2.45) is 0 Å². The second-order valence-electron chi connectivity index (χ2n) is 6.00. The highest BCUT2D eigenvalue weighted by Gasteiger charge is 2.18. The third-order valence-corrected chi connectivity index (χ3v) is 5.36. The van der Waals surface area contributed by atoms with Gasteiger partial charge in [-0.05, 0) is 26.0 Å². The molecular formula is C19H14N4OS. The van der Waals surface area contributed by atoms with Crippen LogP contribution in [-0.2, 0) is 0 Å². The number of thiophene rings is 1. The molecule has 5 rings (SSSR count). The first-order valence-corrected chi connectivity index (χ1v) is 8.84. The maximum Gasteiger partial charge on any atom is 0.160 e. The third-order valence-electron chi connectivity index (χ3n) is 4.45. The number of nitrogens with one attached hydrogen (secondary N) is 1. The van der Waals surface area contributed by atoms with E-state index in [1.165, 1.54) is 0 Å². The van der Waals surface area contributed by atoms with Crippen molar-refractivity contribution >= 4 is 32.5 Å². The second-order valence-corrected chi connectivity index (χ2v) is 6.91. The SMILES string of the molecule is Cc1noc(C)c1-c1csc2cnc(-c3cccc4[nH]ccc34)nc12. The summed E-state index contributed by atoms with van der Waals surface area (Å²) in [6.07, 6.45) is 3.84. The van der Waals surface area contributed by atoms with Gasteiger partial charge in [0.1, 0.15) is 5.76 Å². The van der Waals surface area contributed by atoms with Gasteiger partial charge in [0.15, 0.2) is 5.82 Å². The van der Waals surface area contributed by atoms with Gasteiger partial charge in [-0.2, -0.15) is 0 Å². The summed E-state index contributed by atoms with van der Waals surface area (Å²) >= 11 is 1.64. The van der Waals surface area contributed by atoms with Gasteiger partial charge in [0.2, 0.25) is 0 Å². The number of aryl methyl sites for hydroxylation is 2. The molecule has 5 nitrogen and oxygen atoms in total. The number of hydrogen-bond acceptors (Lipinski definition) is 5. The quantitative estimate of drug-likeness (QED) is 0.482. The van der Waals surface area contributed by atoms with Crippen LogP contribution in [0.15, 0.2) is 46.6 Å². The van der Waals surface area contributed by atoms with Crippen molar-refractivity contribution in [3.05, 3.63) is 53.5 Å². The Labute approximate surface area is 147 Å². The minimum Gasteiger partial charge on any atom is -0.361 e. The molecule has 1 N–H and O–H groups in total. The lowest BCUT2D eigenvalue weighted by molar-refractivity contribution is 0.393. The summed E-state index contributed by atoms with van der Waals surface area (Å²) in [6.45, 7) is 3.89. The Bertz CT molecular complexity index is 1210. The molecule has 0 atom stereocenters. The number of rotatable bonds is 2. The predicted molar refractivity (Wildman–Crippen MR) is 99.7 cm³/mol. The Hall–Kier alpha value is -2.99.